The summed E-state index contributed by atoms with van der Waals surface area (Å²) in [6.45, 7) is 0.551. The number of anilines is 1. The van der Waals surface area contributed by atoms with Crippen LogP contribution in [0.15, 0.2) is 17.2 Å². The molecule has 1 aliphatic heterocycles. The van der Waals surface area contributed by atoms with Crippen LogP contribution in [-0.4, -0.2) is 29.1 Å². The number of hydrogen-bond donors (Lipinski definition) is 0. The molecule has 0 unspecified atom stereocenters. The second-order valence-corrected chi connectivity index (χ2v) is 3.70. The van der Waals surface area contributed by atoms with Crippen LogP contribution >= 0.6 is 0 Å². The lowest BCUT2D eigenvalue weighted by atomic mass is 10.0. The molecule has 1 fully saturated rings. The maximum atomic E-state index is 12.2. The van der Waals surface area contributed by atoms with E-state index in [4.69, 9.17) is 0 Å². The van der Waals surface area contributed by atoms with E-state index < -0.39 is 12.3 Å². The maximum absolute atomic E-state index is 12.2. The van der Waals surface area contributed by atoms with E-state index in [0.717, 1.165) is 0 Å². The molecule has 4 nitrogen and oxygen atoms in total. The average molecular weight is 215 g/mol. The standard InChI is InChI=1S/C9H11F2N3O/c1-13-5-12-7(2-8(13)15)14-3-6(4-14)9(10)11/h2,5-6,9H,3-4H2,1H3. The first-order chi connectivity index (χ1) is 7.08. The van der Waals surface area contributed by atoms with Crippen LogP contribution in [0.3, 0.4) is 0 Å². The van der Waals surface area contributed by atoms with Crippen molar-refractivity contribution in [2.45, 2.75) is 6.43 Å². The molecule has 0 saturated carbocycles. The first-order valence-electron chi connectivity index (χ1n) is 4.63. The lowest BCUT2D eigenvalue weighted by molar-refractivity contribution is 0.0611. The summed E-state index contributed by atoms with van der Waals surface area (Å²) < 4.78 is 25.7. The van der Waals surface area contributed by atoms with Crippen molar-refractivity contribution in [2.24, 2.45) is 13.0 Å². The van der Waals surface area contributed by atoms with Crippen LogP contribution < -0.4 is 10.5 Å². The van der Waals surface area contributed by atoms with Gasteiger partial charge in [0, 0.05) is 26.2 Å². The predicted molar refractivity (Wildman–Crippen MR) is 51.2 cm³/mol. The van der Waals surface area contributed by atoms with Crippen LogP contribution in [0.25, 0.3) is 0 Å². The van der Waals surface area contributed by atoms with E-state index in [1.807, 2.05) is 0 Å². The zero-order chi connectivity index (χ0) is 11.0. The van der Waals surface area contributed by atoms with Crippen molar-refractivity contribution in [3.63, 3.8) is 0 Å². The summed E-state index contributed by atoms with van der Waals surface area (Å²) in [6, 6.07) is 1.36. The van der Waals surface area contributed by atoms with E-state index in [-0.39, 0.29) is 18.6 Å². The zero-order valence-electron chi connectivity index (χ0n) is 8.23. The number of aryl methyl sites for hydroxylation is 1. The smallest absolute Gasteiger partial charge is 0.255 e. The molecular formula is C9H11F2N3O. The fourth-order valence-corrected chi connectivity index (χ4v) is 1.48. The highest BCUT2D eigenvalue weighted by Gasteiger charge is 2.34. The molecule has 1 aromatic heterocycles. The van der Waals surface area contributed by atoms with Crippen molar-refractivity contribution in [3.05, 3.63) is 22.7 Å². The van der Waals surface area contributed by atoms with Crippen LogP contribution in [-0.2, 0) is 7.05 Å². The highest BCUT2D eigenvalue weighted by atomic mass is 19.3. The monoisotopic (exact) mass is 215 g/mol. The molecule has 2 heterocycles. The van der Waals surface area contributed by atoms with Gasteiger partial charge in [-0.1, -0.05) is 0 Å². The molecule has 2 rings (SSSR count). The first kappa shape index (κ1) is 10.1. The molecule has 0 atom stereocenters. The van der Waals surface area contributed by atoms with Crippen molar-refractivity contribution in [1.82, 2.24) is 9.55 Å². The Bertz CT molecular complexity index is 412. The van der Waals surface area contributed by atoms with E-state index in [9.17, 15) is 13.6 Å². The molecular weight excluding hydrogens is 204 g/mol. The SMILES string of the molecule is Cn1cnc(N2CC(C(F)F)C2)cc1=O. The van der Waals surface area contributed by atoms with Crippen LogP contribution in [0.2, 0.25) is 0 Å². The highest BCUT2D eigenvalue weighted by molar-refractivity contribution is 5.40. The Balaban J connectivity index is 2.07. The van der Waals surface area contributed by atoms with Crippen LogP contribution in [0.1, 0.15) is 0 Å². The van der Waals surface area contributed by atoms with E-state index >= 15 is 0 Å². The van der Waals surface area contributed by atoms with Gasteiger partial charge in [0.2, 0.25) is 6.43 Å². The maximum Gasteiger partial charge on any atom is 0.255 e. The summed E-state index contributed by atoms with van der Waals surface area (Å²) in [6.07, 6.45) is -0.888. The minimum Gasteiger partial charge on any atom is -0.355 e. The average Bonchev–Trinajstić information content (AvgIpc) is 2.08. The number of halogens is 2. The van der Waals surface area contributed by atoms with Gasteiger partial charge in [-0.2, -0.15) is 0 Å². The summed E-state index contributed by atoms with van der Waals surface area (Å²) >= 11 is 0. The predicted octanol–water partition coefficient (Wildman–Crippen LogP) is 0.482. The van der Waals surface area contributed by atoms with Gasteiger partial charge in [0.05, 0.1) is 12.2 Å². The normalized spacial score (nSPS) is 16.9. The molecule has 0 aromatic carbocycles. The Morgan fingerprint density at radius 2 is 2.20 bits per heavy atom. The Labute approximate surface area is 85.2 Å². The molecule has 0 bridgehead atoms. The molecule has 1 aromatic rings. The Morgan fingerprint density at radius 3 is 2.73 bits per heavy atom. The van der Waals surface area contributed by atoms with Gasteiger partial charge in [0.15, 0.2) is 0 Å². The Hall–Kier alpha value is -1.46. The number of hydrogen-bond acceptors (Lipinski definition) is 3. The largest absolute Gasteiger partial charge is 0.355 e. The second-order valence-electron chi connectivity index (χ2n) is 3.70. The second kappa shape index (κ2) is 3.60. The van der Waals surface area contributed by atoms with Gasteiger partial charge in [-0.05, 0) is 0 Å². The van der Waals surface area contributed by atoms with Crippen molar-refractivity contribution < 1.29 is 8.78 Å². The van der Waals surface area contributed by atoms with E-state index in [1.165, 1.54) is 17.0 Å². The summed E-state index contributed by atoms with van der Waals surface area (Å²) in [5, 5.41) is 0. The van der Waals surface area contributed by atoms with Crippen molar-refractivity contribution in [2.75, 3.05) is 18.0 Å². The third-order valence-electron chi connectivity index (χ3n) is 2.55. The van der Waals surface area contributed by atoms with E-state index in [0.29, 0.717) is 5.82 Å². The first-order valence-corrected chi connectivity index (χ1v) is 4.63. The van der Waals surface area contributed by atoms with Gasteiger partial charge in [0.25, 0.3) is 5.56 Å². The molecule has 0 amide bonds. The van der Waals surface area contributed by atoms with Gasteiger partial charge in [0.1, 0.15) is 5.82 Å². The zero-order valence-corrected chi connectivity index (χ0v) is 8.23. The molecule has 1 saturated heterocycles. The number of rotatable bonds is 2. The van der Waals surface area contributed by atoms with Gasteiger partial charge in [-0.25, -0.2) is 13.8 Å². The quantitative estimate of drug-likeness (QED) is 0.720. The lowest BCUT2D eigenvalue weighted by Gasteiger charge is -2.39. The third kappa shape index (κ3) is 1.84. The van der Waals surface area contributed by atoms with E-state index in [1.54, 1.807) is 11.9 Å². The van der Waals surface area contributed by atoms with Gasteiger partial charge < -0.3 is 9.47 Å². The van der Waals surface area contributed by atoms with Crippen LogP contribution in [0.5, 0.6) is 0 Å². The lowest BCUT2D eigenvalue weighted by Crippen LogP contribution is -2.50. The summed E-state index contributed by atoms with van der Waals surface area (Å²) in [7, 11) is 1.59. The van der Waals surface area contributed by atoms with Gasteiger partial charge >= 0.3 is 0 Å². The topological polar surface area (TPSA) is 38.1 Å². The van der Waals surface area contributed by atoms with Crippen LogP contribution in [0.4, 0.5) is 14.6 Å². The molecule has 82 valence electrons. The molecule has 1 aliphatic rings. The Kier molecular flexibility index (Phi) is 2.42. The molecule has 6 heteroatoms. The van der Waals surface area contributed by atoms with Crippen molar-refractivity contribution in [3.8, 4) is 0 Å². The van der Waals surface area contributed by atoms with Crippen molar-refractivity contribution in [1.29, 1.82) is 0 Å². The molecule has 0 radical (unpaired) electrons. The fourth-order valence-electron chi connectivity index (χ4n) is 1.48. The number of nitrogens with zero attached hydrogens (tertiary/aromatic N) is 3. The Morgan fingerprint density at radius 1 is 1.53 bits per heavy atom. The van der Waals surface area contributed by atoms with E-state index in [2.05, 4.69) is 4.98 Å². The molecule has 0 spiro atoms. The highest BCUT2D eigenvalue weighted by Crippen LogP contribution is 2.25. The summed E-state index contributed by atoms with van der Waals surface area (Å²) in [4.78, 5) is 16.9. The minimum absolute atomic E-state index is 0.180. The molecule has 15 heavy (non-hydrogen) atoms. The van der Waals surface area contributed by atoms with Crippen molar-refractivity contribution >= 4 is 5.82 Å². The van der Waals surface area contributed by atoms with Gasteiger partial charge in [-0.3, -0.25) is 4.79 Å². The third-order valence-corrected chi connectivity index (χ3v) is 2.55. The summed E-state index contributed by atoms with van der Waals surface area (Å²) in [5.74, 6) is -0.106. The fraction of sp³-hybridized carbons (Fsp3) is 0.556. The number of alkyl halides is 2. The van der Waals surface area contributed by atoms with Crippen LogP contribution in [0, 0.1) is 5.92 Å². The molecule has 0 aliphatic carbocycles. The summed E-state index contributed by atoms with van der Waals surface area (Å²) in [5.41, 5.74) is -0.180. The minimum atomic E-state index is -2.28. The number of aromatic nitrogens is 2. The van der Waals surface area contributed by atoms with Gasteiger partial charge in [-0.15, -0.1) is 0 Å². The molecule has 0 N–H and O–H groups in total.